The molecule has 0 saturated heterocycles. The Kier molecular flexibility index (Phi) is 12.9. The van der Waals surface area contributed by atoms with Gasteiger partial charge in [-0.05, 0) is 87.6 Å². The van der Waals surface area contributed by atoms with E-state index in [0.29, 0.717) is 60.5 Å². The van der Waals surface area contributed by atoms with Gasteiger partial charge >= 0.3 is 36.6 Å². The predicted molar refractivity (Wildman–Crippen MR) is 214 cm³/mol. The number of carbonyl (C=O) groups excluding carboxylic acids is 1. The minimum Gasteiger partial charge on any atom is -0.456 e. The maximum absolute atomic E-state index is 15.4. The number of alkyl halides is 6. The molecular formula is C41H44F6N3O7S2+. The molecule has 0 radical (unpaired) electrons. The lowest BCUT2D eigenvalue weighted by Crippen LogP contribution is -2.63. The summed E-state index contributed by atoms with van der Waals surface area (Å²) in [5, 5.41) is -12.6. The molecule has 1 aliphatic carbocycles. The molecule has 10 nitrogen and oxygen atoms in total. The number of anilines is 1. The van der Waals surface area contributed by atoms with E-state index in [1.165, 1.54) is 30.3 Å². The molecule has 0 fully saturated rings. The third-order valence-electron chi connectivity index (χ3n) is 10.3. The summed E-state index contributed by atoms with van der Waals surface area (Å²) in [7, 11) is -14.1. The van der Waals surface area contributed by atoms with Crippen LogP contribution in [0.5, 0.6) is 5.75 Å². The first-order valence-electron chi connectivity index (χ1n) is 18.8. The van der Waals surface area contributed by atoms with Gasteiger partial charge in [0.2, 0.25) is 5.36 Å². The summed E-state index contributed by atoms with van der Waals surface area (Å²) in [5.74, 6) is -9.76. The minimum absolute atomic E-state index is 0.0621. The summed E-state index contributed by atoms with van der Waals surface area (Å²) >= 11 is 0. The summed E-state index contributed by atoms with van der Waals surface area (Å²) in [6.07, 6.45) is 0.626. The van der Waals surface area contributed by atoms with Crippen LogP contribution in [-0.2, 0) is 20.1 Å². The van der Waals surface area contributed by atoms with E-state index in [2.05, 4.69) is 4.18 Å². The fourth-order valence-corrected chi connectivity index (χ4v) is 8.55. The number of carbonyl (C=O) groups is 1. The Labute approximate surface area is 338 Å². The van der Waals surface area contributed by atoms with Gasteiger partial charge in [-0.2, -0.15) is 43.2 Å². The first-order valence-corrected chi connectivity index (χ1v) is 21.7. The molecule has 0 bridgehead atoms. The topological polar surface area (TPSA) is 126 Å². The highest BCUT2D eigenvalue weighted by molar-refractivity contribution is 7.91. The normalized spacial score (nSPS) is 13.4. The predicted octanol–water partition coefficient (Wildman–Crippen LogP) is 8.67. The van der Waals surface area contributed by atoms with E-state index in [-0.39, 0.29) is 17.0 Å². The number of nitrogens with zero attached hydrogens (tertiary/aromatic N) is 2. The van der Waals surface area contributed by atoms with Gasteiger partial charge in [0.15, 0.2) is 0 Å². The standard InChI is InChI=1S/C41H43F6N3O7S2/c1-7-26(6)27-16-20-30(21-17-27)57-59(54,55)41(46,47)39(42,43)40(44,45)58(52,53)48-38(51)32-15-13-12-14-31(32)37-33-22-18-28(49(8-2)9-3)24-35(33)56-36-25-29(19-23-34(36)37)50(10-4)11-5/h12-26H,7-11H2,1-6H3/p+1. The Morgan fingerprint density at radius 1 is 0.797 bits per heavy atom. The highest BCUT2D eigenvalue weighted by Gasteiger charge is 2.83. The zero-order chi connectivity index (χ0) is 43.7. The van der Waals surface area contributed by atoms with Crippen LogP contribution in [-0.4, -0.2) is 65.4 Å². The van der Waals surface area contributed by atoms with Gasteiger partial charge in [-0.15, -0.1) is 0 Å². The van der Waals surface area contributed by atoms with Crippen molar-refractivity contribution in [2.24, 2.45) is 0 Å². The van der Waals surface area contributed by atoms with E-state index in [1.807, 2.05) is 44.1 Å². The highest BCUT2D eigenvalue weighted by atomic mass is 32.2. The van der Waals surface area contributed by atoms with E-state index in [1.54, 1.807) is 43.3 Å². The summed E-state index contributed by atoms with van der Waals surface area (Å²) in [6, 6.07) is 19.7. The quantitative estimate of drug-likeness (QED) is 0.0452. The van der Waals surface area contributed by atoms with Crippen molar-refractivity contribution >= 4 is 42.7 Å². The van der Waals surface area contributed by atoms with Crippen molar-refractivity contribution in [3.8, 4) is 28.2 Å². The molecule has 1 heterocycles. The molecular weight excluding hydrogens is 825 g/mol. The summed E-state index contributed by atoms with van der Waals surface area (Å²) in [4.78, 5) is 15.7. The maximum atomic E-state index is 15.4. The molecule has 18 heteroatoms. The van der Waals surface area contributed by atoms with Crippen LogP contribution in [0.1, 0.15) is 69.8 Å². The molecule has 59 heavy (non-hydrogen) atoms. The van der Waals surface area contributed by atoms with Crippen molar-refractivity contribution in [2.75, 3.05) is 31.1 Å². The molecule has 1 amide bonds. The fourth-order valence-electron chi connectivity index (χ4n) is 6.63. The second-order valence-electron chi connectivity index (χ2n) is 13.7. The Balaban J connectivity index is 1.58. The van der Waals surface area contributed by atoms with E-state index in [0.717, 1.165) is 34.0 Å². The Morgan fingerprint density at radius 2 is 1.42 bits per heavy atom. The largest absolute Gasteiger partial charge is 0.456 e. The number of halogens is 6. The van der Waals surface area contributed by atoms with Gasteiger partial charge in [0.1, 0.15) is 30.2 Å². The van der Waals surface area contributed by atoms with Crippen molar-refractivity contribution < 1.29 is 56.6 Å². The first kappa shape index (κ1) is 45.0. The summed E-state index contributed by atoms with van der Waals surface area (Å²) < 4.78 is 156. The number of sulfonamides is 1. The monoisotopic (exact) mass is 868 g/mol. The third kappa shape index (κ3) is 8.12. The Morgan fingerprint density at radius 3 is 2.02 bits per heavy atom. The lowest BCUT2D eigenvalue weighted by Gasteiger charge is -2.31. The van der Waals surface area contributed by atoms with Gasteiger partial charge in [0.25, 0.3) is 5.91 Å². The second kappa shape index (κ2) is 16.9. The second-order valence-corrected chi connectivity index (χ2v) is 17.0. The smallest absolute Gasteiger partial charge is 0.450 e. The van der Waals surface area contributed by atoms with E-state index in [9.17, 15) is 21.6 Å². The van der Waals surface area contributed by atoms with Crippen molar-refractivity contribution in [2.45, 2.75) is 70.3 Å². The number of fused-ring (bicyclic) bond motifs is 2. The molecule has 1 aliphatic heterocycles. The van der Waals surface area contributed by atoms with E-state index < -0.39 is 53.8 Å². The van der Waals surface area contributed by atoms with Crippen molar-refractivity contribution in [1.29, 1.82) is 0 Å². The first-order chi connectivity index (χ1) is 27.6. The lowest BCUT2D eigenvalue weighted by molar-refractivity contribution is -0.245. The van der Waals surface area contributed by atoms with Gasteiger partial charge in [-0.3, -0.25) is 4.79 Å². The van der Waals surface area contributed by atoms with Crippen LogP contribution in [0.15, 0.2) is 89.3 Å². The van der Waals surface area contributed by atoms with Crippen LogP contribution >= 0.6 is 0 Å². The van der Waals surface area contributed by atoms with E-state index in [4.69, 9.17) is 4.42 Å². The molecule has 1 unspecified atom stereocenters. The number of hydrogen-bond donors (Lipinski definition) is 1. The molecule has 0 saturated carbocycles. The molecule has 318 valence electrons. The maximum Gasteiger partial charge on any atom is 0.450 e. The minimum atomic E-state index is -7.18. The van der Waals surface area contributed by atoms with Crippen LogP contribution in [0.3, 0.4) is 0 Å². The average molecular weight is 869 g/mol. The SMILES string of the molecule is CCC(C)c1ccc(OS(=O)(=O)C(F)(F)C(F)(F)C(F)(F)S(=O)(=O)NC(=O)c2ccccc2-c2c3ccc(=[N+](CC)CC)cc-3oc3cc(N(CC)CC)ccc23)cc1. The molecule has 2 aliphatic rings. The van der Waals surface area contributed by atoms with Crippen LogP contribution in [0, 0.1) is 0 Å². The fraction of sp³-hybridized carbons (Fsp3) is 0.366. The molecule has 1 atom stereocenters. The molecule has 3 aromatic rings. The van der Waals surface area contributed by atoms with Gasteiger partial charge in [-0.25, -0.2) is 9.30 Å². The van der Waals surface area contributed by atoms with Crippen molar-refractivity contribution in [1.82, 2.24) is 9.30 Å². The Bertz CT molecular complexity index is 2610. The van der Waals surface area contributed by atoms with Gasteiger partial charge < -0.3 is 13.5 Å². The molecule has 3 aromatic carbocycles. The average Bonchev–Trinajstić information content (AvgIpc) is 3.20. The van der Waals surface area contributed by atoms with E-state index >= 15 is 26.3 Å². The van der Waals surface area contributed by atoms with Crippen LogP contribution in [0.4, 0.5) is 32.0 Å². The van der Waals surface area contributed by atoms with Crippen LogP contribution in [0.25, 0.3) is 33.4 Å². The molecule has 5 rings (SSSR count). The Hall–Kier alpha value is -5.10. The number of hydrogen-bond acceptors (Lipinski definition) is 8. The molecule has 0 aromatic heterocycles. The van der Waals surface area contributed by atoms with Crippen LogP contribution in [0.2, 0.25) is 0 Å². The van der Waals surface area contributed by atoms with Gasteiger partial charge in [-0.1, -0.05) is 44.2 Å². The number of amides is 1. The highest BCUT2D eigenvalue weighted by Crippen LogP contribution is 2.51. The van der Waals surface area contributed by atoms with Gasteiger partial charge in [0, 0.05) is 53.0 Å². The van der Waals surface area contributed by atoms with Crippen molar-refractivity contribution in [3.05, 3.63) is 101 Å². The van der Waals surface area contributed by atoms with Gasteiger partial charge in [0.05, 0.1) is 6.07 Å². The number of rotatable bonds is 16. The zero-order valence-electron chi connectivity index (χ0n) is 33.0. The lowest BCUT2D eigenvalue weighted by atomic mass is 9.90. The third-order valence-corrected chi connectivity index (χ3v) is 12.9. The van der Waals surface area contributed by atoms with Crippen molar-refractivity contribution in [3.63, 3.8) is 0 Å². The zero-order valence-corrected chi connectivity index (χ0v) is 34.7. The molecule has 1 N–H and O–H groups in total. The number of benzene rings is 4. The molecule has 0 spiro atoms. The summed E-state index contributed by atoms with van der Waals surface area (Å²) in [6.45, 7) is 14.0. The van der Waals surface area contributed by atoms with Crippen LogP contribution < -0.4 is 23.7 Å². The summed E-state index contributed by atoms with van der Waals surface area (Å²) in [5.41, 5.74) is 1.66. The number of nitrogens with one attached hydrogen (secondary N) is 1.